The Balaban J connectivity index is 2.12. The van der Waals surface area contributed by atoms with Gasteiger partial charge < -0.3 is 5.32 Å². The monoisotopic (exact) mass is 189 g/mol. The molecule has 1 saturated carbocycles. The first-order valence-corrected chi connectivity index (χ1v) is 5.60. The number of hydrogen-bond donors (Lipinski definition) is 1. The summed E-state index contributed by atoms with van der Waals surface area (Å²) in [4.78, 5) is 0. The first-order valence-electron chi connectivity index (χ1n) is 5.16. The van der Waals surface area contributed by atoms with Crippen LogP contribution in [0.15, 0.2) is 0 Å². The second-order valence-corrected chi connectivity index (χ2v) is 4.62. The van der Waals surface area contributed by atoms with Gasteiger partial charge in [0, 0.05) is 18.0 Å². The van der Waals surface area contributed by atoms with Crippen LogP contribution >= 0.6 is 11.6 Å². The third-order valence-electron chi connectivity index (χ3n) is 2.54. The molecule has 1 unspecified atom stereocenters. The highest BCUT2D eigenvalue weighted by atomic mass is 35.5. The average Bonchev–Trinajstić information content (AvgIpc) is 2.28. The molecule has 0 spiro atoms. The number of nitrogens with one attached hydrogen (secondary N) is 1. The highest BCUT2D eigenvalue weighted by Gasteiger charge is 2.11. The zero-order valence-electron chi connectivity index (χ0n) is 7.98. The van der Waals surface area contributed by atoms with Crippen molar-refractivity contribution < 1.29 is 0 Å². The van der Waals surface area contributed by atoms with E-state index in [1.807, 2.05) is 6.92 Å². The molecule has 0 aliphatic heterocycles. The van der Waals surface area contributed by atoms with Gasteiger partial charge in [0.1, 0.15) is 0 Å². The Labute approximate surface area is 80.9 Å². The van der Waals surface area contributed by atoms with Crippen LogP contribution in [0.25, 0.3) is 0 Å². The molecule has 1 atom stereocenters. The summed E-state index contributed by atoms with van der Waals surface area (Å²) in [5.41, 5.74) is 0. The third kappa shape index (κ3) is 4.32. The van der Waals surface area contributed by atoms with E-state index in [1.54, 1.807) is 0 Å². The molecule has 1 N–H and O–H groups in total. The molecule has 72 valence electrons. The molecule has 1 rings (SSSR count). The predicted molar refractivity (Wildman–Crippen MR) is 54.8 cm³/mol. The maximum atomic E-state index is 5.88. The lowest BCUT2D eigenvalue weighted by Crippen LogP contribution is -2.32. The molecule has 1 fully saturated rings. The molecule has 0 saturated heterocycles. The summed E-state index contributed by atoms with van der Waals surface area (Å²) in [6, 6.07) is 0.744. The number of hydrogen-bond acceptors (Lipinski definition) is 1. The molecule has 12 heavy (non-hydrogen) atoms. The Hall–Kier alpha value is 0.250. The molecular formula is C10H20ClN. The van der Waals surface area contributed by atoms with Crippen molar-refractivity contribution in [3.63, 3.8) is 0 Å². The van der Waals surface area contributed by atoms with E-state index >= 15 is 0 Å². The Morgan fingerprint density at radius 2 is 1.83 bits per heavy atom. The van der Waals surface area contributed by atoms with Gasteiger partial charge in [-0.05, 0) is 19.8 Å². The van der Waals surface area contributed by atoms with Crippen molar-refractivity contribution >= 4 is 11.6 Å². The molecular weight excluding hydrogens is 170 g/mol. The fourth-order valence-corrected chi connectivity index (χ4v) is 1.90. The third-order valence-corrected chi connectivity index (χ3v) is 2.70. The Morgan fingerprint density at radius 3 is 2.33 bits per heavy atom. The lowest BCUT2D eigenvalue weighted by molar-refractivity contribution is 0.462. The molecule has 0 amide bonds. The Morgan fingerprint density at radius 1 is 1.25 bits per heavy atom. The van der Waals surface area contributed by atoms with E-state index in [9.17, 15) is 0 Å². The summed E-state index contributed by atoms with van der Waals surface area (Å²) in [7, 11) is 0. The Bertz CT molecular complexity index is 106. The van der Waals surface area contributed by atoms with E-state index in [0.717, 1.165) is 12.6 Å². The van der Waals surface area contributed by atoms with E-state index in [2.05, 4.69) is 5.32 Å². The van der Waals surface area contributed by atoms with E-state index < -0.39 is 0 Å². The smallest absolute Gasteiger partial charge is 0.0432 e. The highest BCUT2D eigenvalue weighted by Crippen LogP contribution is 2.17. The second-order valence-electron chi connectivity index (χ2n) is 3.88. The van der Waals surface area contributed by atoms with Crippen LogP contribution in [-0.4, -0.2) is 18.0 Å². The minimum Gasteiger partial charge on any atom is -0.313 e. The van der Waals surface area contributed by atoms with Gasteiger partial charge in [-0.25, -0.2) is 0 Å². The summed E-state index contributed by atoms with van der Waals surface area (Å²) < 4.78 is 0. The summed E-state index contributed by atoms with van der Waals surface area (Å²) >= 11 is 5.88. The average molecular weight is 190 g/mol. The van der Waals surface area contributed by atoms with Crippen LogP contribution in [0.3, 0.4) is 0 Å². The molecule has 0 radical (unpaired) electrons. The van der Waals surface area contributed by atoms with Crippen LogP contribution in [0.2, 0.25) is 0 Å². The quantitative estimate of drug-likeness (QED) is 0.532. The van der Waals surface area contributed by atoms with Gasteiger partial charge in [0.15, 0.2) is 0 Å². The van der Waals surface area contributed by atoms with E-state index in [4.69, 9.17) is 11.6 Å². The van der Waals surface area contributed by atoms with Gasteiger partial charge in [-0.3, -0.25) is 0 Å². The lowest BCUT2D eigenvalue weighted by atomic mass is 10.1. The minimum absolute atomic E-state index is 0.272. The van der Waals surface area contributed by atoms with Crippen molar-refractivity contribution in [2.24, 2.45) is 0 Å². The van der Waals surface area contributed by atoms with Crippen molar-refractivity contribution in [2.45, 2.75) is 56.9 Å². The minimum atomic E-state index is 0.272. The summed E-state index contributed by atoms with van der Waals surface area (Å²) in [5.74, 6) is 0. The first kappa shape index (κ1) is 10.3. The van der Waals surface area contributed by atoms with Crippen molar-refractivity contribution in [3.8, 4) is 0 Å². The van der Waals surface area contributed by atoms with Crippen LogP contribution in [0, 0.1) is 0 Å². The van der Waals surface area contributed by atoms with Gasteiger partial charge in [-0.2, -0.15) is 0 Å². The molecule has 1 nitrogen and oxygen atoms in total. The molecule has 0 heterocycles. The maximum absolute atomic E-state index is 5.88. The van der Waals surface area contributed by atoms with Crippen molar-refractivity contribution in [3.05, 3.63) is 0 Å². The van der Waals surface area contributed by atoms with Gasteiger partial charge in [0.05, 0.1) is 0 Å². The van der Waals surface area contributed by atoms with Gasteiger partial charge in [-0.1, -0.05) is 25.7 Å². The zero-order valence-corrected chi connectivity index (χ0v) is 8.74. The van der Waals surface area contributed by atoms with E-state index in [0.29, 0.717) is 0 Å². The van der Waals surface area contributed by atoms with Crippen LogP contribution < -0.4 is 5.32 Å². The topological polar surface area (TPSA) is 12.0 Å². The number of alkyl halides is 1. The SMILES string of the molecule is CC(Cl)CNC1CCCCCC1. The Kier molecular flexibility index (Phi) is 5.01. The molecule has 0 aromatic carbocycles. The van der Waals surface area contributed by atoms with Gasteiger partial charge >= 0.3 is 0 Å². The number of rotatable bonds is 3. The second kappa shape index (κ2) is 5.82. The van der Waals surface area contributed by atoms with E-state index in [-0.39, 0.29) is 5.38 Å². The number of halogens is 1. The lowest BCUT2D eigenvalue weighted by Gasteiger charge is -2.16. The molecule has 1 aliphatic carbocycles. The van der Waals surface area contributed by atoms with Gasteiger partial charge in [0.2, 0.25) is 0 Å². The first-order chi connectivity index (χ1) is 5.79. The summed E-state index contributed by atoms with van der Waals surface area (Å²) in [5, 5.41) is 3.80. The zero-order chi connectivity index (χ0) is 8.81. The fraction of sp³-hybridized carbons (Fsp3) is 1.00. The normalized spacial score (nSPS) is 23.5. The molecule has 2 heteroatoms. The molecule has 0 bridgehead atoms. The van der Waals surface area contributed by atoms with Gasteiger partial charge in [0.25, 0.3) is 0 Å². The van der Waals surface area contributed by atoms with Crippen LogP contribution in [0.5, 0.6) is 0 Å². The predicted octanol–water partition coefficient (Wildman–Crippen LogP) is 2.93. The van der Waals surface area contributed by atoms with Crippen LogP contribution in [-0.2, 0) is 0 Å². The molecule has 0 aromatic rings. The molecule has 1 aliphatic rings. The van der Waals surface area contributed by atoms with Crippen molar-refractivity contribution in [2.75, 3.05) is 6.54 Å². The van der Waals surface area contributed by atoms with Crippen molar-refractivity contribution in [1.82, 2.24) is 5.32 Å². The van der Waals surface area contributed by atoms with E-state index in [1.165, 1.54) is 38.5 Å². The van der Waals surface area contributed by atoms with Crippen LogP contribution in [0.4, 0.5) is 0 Å². The fourth-order valence-electron chi connectivity index (χ4n) is 1.81. The largest absolute Gasteiger partial charge is 0.313 e. The molecule has 0 aromatic heterocycles. The maximum Gasteiger partial charge on any atom is 0.0432 e. The summed E-state index contributed by atoms with van der Waals surface area (Å²) in [6.45, 7) is 3.01. The van der Waals surface area contributed by atoms with Crippen molar-refractivity contribution in [1.29, 1.82) is 0 Å². The standard InChI is InChI=1S/C10H20ClN/c1-9(11)8-12-10-6-4-2-3-5-7-10/h9-10,12H,2-8H2,1H3. The highest BCUT2D eigenvalue weighted by molar-refractivity contribution is 6.20. The summed E-state index contributed by atoms with van der Waals surface area (Å²) in [6.07, 6.45) is 8.35. The van der Waals surface area contributed by atoms with Gasteiger partial charge in [-0.15, -0.1) is 11.6 Å². The van der Waals surface area contributed by atoms with Crippen LogP contribution in [0.1, 0.15) is 45.4 Å².